The van der Waals surface area contributed by atoms with E-state index in [-0.39, 0.29) is 5.92 Å². The van der Waals surface area contributed by atoms with Gasteiger partial charge in [-0.3, -0.25) is 0 Å². The molecule has 0 N–H and O–H groups in total. The van der Waals surface area contributed by atoms with Gasteiger partial charge in [-0.25, -0.2) is 4.98 Å². The average Bonchev–Trinajstić information content (AvgIpc) is 2.39. The second-order valence-corrected chi connectivity index (χ2v) is 4.99. The van der Waals surface area contributed by atoms with Gasteiger partial charge in [0, 0.05) is 25.2 Å². The first-order chi connectivity index (χ1) is 8.20. The molecule has 1 saturated heterocycles. The maximum absolute atomic E-state index is 8.88. The molecule has 0 spiro atoms. The molecule has 1 aliphatic rings. The second kappa shape index (κ2) is 5.18. The molecule has 90 valence electrons. The molecule has 1 aromatic rings. The van der Waals surface area contributed by atoms with Crippen molar-refractivity contribution in [3.05, 3.63) is 23.9 Å². The number of nitrogens with zero attached hydrogens (tertiary/aromatic N) is 3. The lowest BCUT2D eigenvalue weighted by Gasteiger charge is -2.30. The number of hydrogen-bond acceptors (Lipinski definition) is 3. The van der Waals surface area contributed by atoms with E-state index in [9.17, 15) is 0 Å². The average molecular weight is 229 g/mol. The van der Waals surface area contributed by atoms with Crippen LogP contribution in [0.1, 0.15) is 38.2 Å². The first-order valence-electron chi connectivity index (χ1n) is 6.31. The van der Waals surface area contributed by atoms with Crippen molar-refractivity contribution >= 4 is 5.82 Å². The molecular weight excluding hydrogens is 210 g/mol. The van der Waals surface area contributed by atoms with Crippen molar-refractivity contribution in [1.29, 1.82) is 5.26 Å². The van der Waals surface area contributed by atoms with Gasteiger partial charge in [-0.05, 0) is 36.5 Å². The number of nitriles is 1. The number of hydrogen-bond donors (Lipinski definition) is 0. The van der Waals surface area contributed by atoms with E-state index in [1.165, 1.54) is 5.56 Å². The lowest BCUT2D eigenvalue weighted by atomic mass is 9.98. The summed E-state index contributed by atoms with van der Waals surface area (Å²) < 4.78 is 0. The molecule has 17 heavy (non-hydrogen) atoms. The molecule has 1 fully saturated rings. The van der Waals surface area contributed by atoms with Gasteiger partial charge >= 0.3 is 0 Å². The molecule has 2 rings (SSSR count). The van der Waals surface area contributed by atoms with E-state index in [1.807, 2.05) is 6.20 Å². The van der Waals surface area contributed by atoms with Crippen LogP contribution in [0.5, 0.6) is 0 Å². The van der Waals surface area contributed by atoms with Gasteiger partial charge in [-0.15, -0.1) is 0 Å². The van der Waals surface area contributed by atoms with Crippen LogP contribution in [0.2, 0.25) is 0 Å². The number of anilines is 1. The minimum Gasteiger partial charge on any atom is -0.357 e. The van der Waals surface area contributed by atoms with Gasteiger partial charge < -0.3 is 4.90 Å². The third-order valence-electron chi connectivity index (χ3n) is 3.44. The predicted octanol–water partition coefficient (Wildman–Crippen LogP) is 2.94. The maximum Gasteiger partial charge on any atom is 0.128 e. The molecule has 1 aliphatic heterocycles. The second-order valence-electron chi connectivity index (χ2n) is 4.99. The molecule has 0 radical (unpaired) electrons. The Kier molecular flexibility index (Phi) is 3.63. The van der Waals surface area contributed by atoms with Crippen LogP contribution in [-0.2, 0) is 0 Å². The summed E-state index contributed by atoms with van der Waals surface area (Å²) in [6.45, 7) is 6.29. The van der Waals surface area contributed by atoms with Gasteiger partial charge in [0.15, 0.2) is 0 Å². The summed E-state index contributed by atoms with van der Waals surface area (Å²) >= 11 is 0. The van der Waals surface area contributed by atoms with Gasteiger partial charge in [-0.1, -0.05) is 13.8 Å². The molecule has 1 aromatic heterocycles. The van der Waals surface area contributed by atoms with E-state index in [4.69, 9.17) is 5.26 Å². The van der Waals surface area contributed by atoms with E-state index in [0.717, 1.165) is 31.7 Å². The monoisotopic (exact) mass is 229 g/mol. The fourth-order valence-corrected chi connectivity index (χ4v) is 2.20. The van der Waals surface area contributed by atoms with Crippen LogP contribution in [-0.4, -0.2) is 18.1 Å². The van der Waals surface area contributed by atoms with Crippen LogP contribution in [0.25, 0.3) is 0 Å². The smallest absolute Gasteiger partial charge is 0.128 e. The molecule has 0 bridgehead atoms. The van der Waals surface area contributed by atoms with Crippen LogP contribution in [0, 0.1) is 17.2 Å². The lowest BCUT2D eigenvalue weighted by Crippen LogP contribution is -2.33. The summed E-state index contributed by atoms with van der Waals surface area (Å²) in [4.78, 5) is 6.73. The highest BCUT2D eigenvalue weighted by molar-refractivity contribution is 5.42. The predicted molar refractivity (Wildman–Crippen MR) is 68.9 cm³/mol. The Hall–Kier alpha value is -1.56. The van der Waals surface area contributed by atoms with Gasteiger partial charge in [0.1, 0.15) is 5.82 Å². The zero-order valence-corrected chi connectivity index (χ0v) is 10.6. The van der Waals surface area contributed by atoms with Crippen molar-refractivity contribution in [2.45, 2.75) is 32.6 Å². The van der Waals surface area contributed by atoms with Crippen molar-refractivity contribution in [3.8, 4) is 6.07 Å². The van der Waals surface area contributed by atoms with Crippen molar-refractivity contribution in [2.75, 3.05) is 18.0 Å². The van der Waals surface area contributed by atoms with Crippen molar-refractivity contribution in [2.24, 2.45) is 5.92 Å². The van der Waals surface area contributed by atoms with Gasteiger partial charge in [0.05, 0.1) is 6.07 Å². The van der Waals surface area contributed by atoms with Gasteiger partial charge in [-0.2, -0.15) is 5.26 Å². The number of aromatic nitrogens is 1. The van der Waals surface area contributed by atoms with Crippen LogP contribution >= 0.6 is 0 Å². The van der Waals surface area contributed by atoms with E-state index < -0.39 is 0 Å². The maximum atomic E-state index is 8.88. The van der Waals surface area contributed by atoms with Crippen molar-refractivity contribution in [3.63, 3.8) is 0 Å². The van der Waals surface area contributed by atoms with E-state index in [0.29, 0.717) is 5.92 Å². The van der Waals surface area contributed by atoms with Gasteiger partial charge in [0.25, 0.3) is 0 Å². The largest absolute Gasteiger partial charge is 0.357 e. The third kappa shape index (κ3) is 2.76. The van der Waals surface area contributed by atoms with Crippen LogP contribution < -0.4 is 4.90 Å². The summed E-state index contributed by atoms with van der Waals surface area (Å²) in [5.74, 6) is 1.83. The fraction of sp³-hybridized carbons (Fsp3) is 0.571. The fourth-order valence-electron chi connectivity index (χ4n) is 2.20. The summed E-state index contributed by atoms with van der Waals surface area (Å²) in [5, 5.41) is 8.88. The molecule has 3 heteroatoms. The molecule has 2 heterocycles. The molecule has 3 nitrogen and oxygen atoms in total. The van der Waals surface area contributed by atoms with Crippen LogP contribution in [0.3, 0.4) is 0 Å². The zero-order valence-electron chi connectivity index (χ0n) is 10.6. The topological polar surface area (TPSA) is 39.9 Å². The highest BCUT2D eigenvalue weighted by atomic mass is 15.2. The highest BCUT2D eigenvalue weighted by Gasteiger charge is 2.19. The van der Waals surface area contributed by atoms with Crippen LogP contribution in [0.4, 0.5) is 5.82 Å². The van der Waals surface area contributed by atoms with Crippen LogP contribution in [0.15, 0.2) is 18.3 Å². The quantitative estimate of drug-likeness (QED) is 0.782. The molecule has 0 saturated carbocycles. The summed E-state index contributed by atoms with van der Waals surface area (Å²) in [7, 11) is 0. The first kappa shape index (κ1) is 11.9. The van der Waals surface area contributed by atoms with Crippen molar-refractivity contribution < 1.29 is 0 Å². The van der Waals surface area contributed by atoms with Gasteiger partial charge in [0.2, 0.25) is 0 Å². The Morgan fingerprint density at radius 1 is 1.41 bits per heavy atom. The number of rotatable bonds is 2. The highest BCUT2D eigenvalue weighted by Crippen LogP contribution is 2.23. The number of pyridine rings is 1. The lowest BCUT2D eigenvalue weighted by molar-refractivity contribution is 0.485. The Balaban J connectivity index is 2.08. The number of piperidine rings is 1. The SMILES string of the molecule is CC(C)c1ccnc(N2CCC(C#N)CC2)c1. The Bertz CT molecular complexity index is 412. The molecular formula is C14H19N3. The van der Waals surface area contributed by atoms with E-state index >= 15 is 0 Å². The zero-order chi connectivity index (χ0) is 12.3. The summed E-state index contributed by atoms with van der Waals surface area (Å²) in [6, 6.07) is 6.62. The molecule has 0 unspecified atom stereocenters. The van der Waals surface area contributed by atoms with E-state index in [2.05, 4.69) is 41.9 Å². The molecule has 0 amide bonds. The minimum atomic E-state index is 0.236. The standard InChI is InChI=1S/C14H19N3/c1-11(2)13-3-6-16-14(9-13)17-7-4-12(10-15)5-8-17/h3,6,9,11-12H,4-5,7-8H2,1-2H3. The summed E-state index contributed by atoms with van der Waals surface area (Å²) in [6.07, 6.45) is 3.81. The van der Waals surface area contributed by atoms with E-state index in [1.54, 1.807) is 0 Å². The summed E-state index contributed by atoms with van der Waals surface area (Å²) in [5.41, 5.74) is 1.33. The Morgan fingerprint density at radius 3 is 2.71 bits per heavy atom. The molecule has 0 aliphatic carbocycles. The minimum absolute atomic E-state index is 0.236. The molecule has 0 aromatic carbocycles. The Labute approximate surface area is 103 Å². The normalized spacial score (nSPS) is 17.2. The van der Waals surface area contributed by atoms with Crippen molar-refractivity contribution in [1.82, 2.24) is 4.98 Å². The Morgan fingerprint density at radius 2 is 2.12 bits per heavy atom. The third-order valence-corrected chi connectivity index (χ3v) is 3.44. The first-order valence-corrected chi connectivity index (χ1v) is 6.31. The molecule has 0 atom stereocenters.